The molecule has 0 aliphatic rings. The summed E-state index contributed by atoms with van der Waals surface area (Å²) < 4.78 is 1.94. The maximum atomic E-state index is 11.4. The first kappa shape index (κ1) is 12.4. The summed E-state index contributed by atoms with van der Waals surface area (Å²) in [5.41, 5.74) is 4.83. The van der Waals surface area contributed by atoms with Crippen molar-refractivity contribution in [3.05, 3.63) is 65.9 Å². The van der Waals surface area contributed by atoms with Gasteiger partial charge in [0.25, 0.3) is 5.91 Å². The van der Waals surface area contributed by atoms with E-state index >= 15 is 0 Å². The molecule has 0 saturated carbocycles. The molecule has 2 aromatic carbocycles. The van der Waals surface area contributed by atoms with Crippen LogP contribution in [-0.2, 0) is 6.54 Å². The van der Waals surface area contributed by atoms with Crippen LogP contribution in [0.4, 0.5) is 0 Å². The number of nitrogens with zero attached hydrogens (tertiary/aromatic N) is 2. The number of nitrogens with one attached hydrogen (secondary N) is 1. The molecule has 0 aliphatic carbocycles. The van der Waals surface area contributed by atoms with Gasteiger partial charge in [0.2, 0.25) is 0 Å². The summed E-state index contributed by atoms with van der Waals surface area (Å²) >= 11 is 0. The standard InChI is InChI=1S/C15H14N4O/c16-18-15(20)12-7-5-11(6-8-12)10-19-14-4-2-1-3-13(14)9-17-19/h1-9H,10,16H2,(H,18,20). The van der Waals surface area contributed by atoms with Crippen LogP contribution >= 0.6 is 0 Å². The van der Waals surface area contributed by atoms with Gasteiger partial charge in [-0.1, -0.05) is 30.3 Å². The average molecular weight is 266 g/mol. The van der Waals surface area contributed by atoms with Gasteiger partial charge in [-0.15, -0.1) is 0 Å². The molecule has 5 nitrogen and oxygen atoms in total. The fourth-order valence-corrected chi connectivity index (χ4v) is 2.17. The highest BCUT2D eigenvalue weighted by Gasteiger charge is 2.05. The van der Waals surface area contributed by atoms with Gasteiger partial charge < -0.3 is 0 Å². The molecule has 3 aromatic rings. The van der Waals surface area contributed by atoms with Crippen LogP contribution in [-0.4, -0.2) is 15.7 Å². The maximum Gasteiger partial charge on any atom is 0.265 e. The van der Waals surface area contributed by atoms with Crippen molar-refractivity contribution in [3.63, 3.8) is 0 Å². The van der Waals surface area contributed by atoms with Gasteiger partial charge in [0, 0.05) is 10.9 Å². The smallest absolute Gasteiger partial charge is 0.265 e. The second-order valence-electron chi connectivity index (χ2n) is 4.53. The zero-order chi connectivity index (χ0) is 13.9. The quantitative estimate of drug-likeness (QED) is 0.430. The van der Waals surface area contributed by atoms with Crippen molar-refractivity contribution in [1.82, 2.24) is 15.2 Å². The Morgan fingerprint density at radius 2 is 1.90 bits per heavy atom. The minimum Gasteiger partial charge on any atom is -0.290 e. The molecule has 0 aliphatic heterocycles. The third kappa shape index (κ3) is 2.26. The van der Waals surface area contributed by atoms with E-state index in [0.29, 0.717) is 12.1 Å². The number of hydrogen-bond acceptors (Lipinski definition) is 3. The van der Waals surface area contributed by atoms with Crippen LogP contribution in [0.5, 0.6) is 0 Å². The van der Waals surface area contributed by atoms with E-state index < -0.39 is 0 Å². The normalized spacial score (nSPS) is 10.7. The summed E-state index contributed by atoms with van der Waals surface area (Å²) in [5, 5.41) is 5.50. The fourth-order valence-electron chi connectivity index (χ4n) is 2.17. The van der Waals surface area contributed by atoms with Gasteiger partial charge >= 0.3 is 0 Å². The van der Waals surface area contributed by atoms with Crippen molar-refractivity contribution in [3.8, 4) is 0 Å². The Labute approximate surface area is 116 Å². The van der Waals surface area contributed by atoms with E-state index in [1.165, 1.54) is 0 Å². The van der Waals surface area contributed by atoms with Gasteiger partial charge in [0.05, 0.1) is 18.3 Å². The number of nitrogens with two attached hydrogens (primary N) is 1. The molecule has 1 aromatic heterocycles. The highest BCUT2D eigenvalue weighted by molar-refractivity contribution is 5.93. The van der Waals surface area contributed by atoms with Gasteiger partial charge in [0.1, 0.15) is 0 Å². The molecule has 3 N–H and O–H groups in total. The molecule has 0 saturated heterocycles. The summed E-state index contributed by atoms with van der Waals surface area (Å²) in [6, 6.07) is 15.4. The molecular weight excluding hydrogens is 252 g/mol. The second kappa shape index (κ2) is 5.14. The Kier molecular flexibility index (Phi) is 3.18. The number of hydrogen-bond donors (Lipinski definition) is 2. The third-order valence-electron chi connectivity index (χ3n) is 3.23. The van der Waals surface area contributed by atoms with Crippen LogP contribution in [0.1, 0.15) is 15.9 Å². The van der Waals surface area contributed by atoms with Crippen molar-refractivity contribution in [2.24, 2.45) is 5.84 Å². The number of amides is 1. The van der Waals surface area contributed by atoms with E-state index in [1.807, 2.05) is 47.3 Å². The zero-order valence-corrected chi connectivity index (χ0v) is 10.8. The number of hydrazine groups is 1. The molecule has 3 rings (SSSR count). The van der Waals surface area contributed by atoms with Crippen LogP contribution in [0.2, 0.25) is 0 Å². The number of aromatic nitrogens is 2. The molecule has 1 amide bonds. The molecule has 20 heavy (non-hydrogen) atoms. The Morgan fingerprint density at radius 1 is 1.15 bits per heavy atom. The fraction of sp³-hybridized carbons (Fsp3) is 0.0667. The maximum absolute atomic E-state index is 11.4. The molecule has 0 spiro atoms. The topological polar surface area (TPSA) is 72.9 Å². The van der Waals surface area contributed by atoms with Crippen molar-refractivity contribution < 1.29 is 4.79 Å². The van der Waals surface area contributed by atoms with Gasteiger partial charge in [0.15, 0.2) is 0 Å². The summed E-state index contributed by atoms with van der Waals surface area (Å²) in [4.78, 5) is 11.4. The number of nitrogen functional groups attached to an aromatic ring is 1. The van der Waals surface area contributed by atoms with E-state index in [4.69, 9.17) is 5.84 Å². The molecule has 0 fully saturated rings. The van der Waals surface area contributed by atoms with Gasteiger partial charge in [-0.2, -0.15) is 5.10 Å². The monoisotopic (exact) mass is 266 g/mol. The first-order chi connectivity index (χ1) is 9.78. The molecular formula is C15H14N4O. The van der Waals surface area contributed by atoms with Crippen LogP contribution < -0.4 is 11.3 Å². The molecule has 0 unspecified atom stereocenters. The molecule has 5 heteroatoms. The highest BCUT2D eigenvalue weighted by atomic mass is 16.2. The summed E-state index contributed by atoms with van der Waals surface area (Å²) in [7, 11) is 0. The minimum atomic E-state index is -0.291. The third-order valence-corrected chi connectivity index (χ3v) is 3.23. The summed E-state index contributed by atoms with van der Waals surface area (Å²) in [6.07, 6.45) is 1.85. The Morgan fingerprint density at radius 3 is 2.65 bits per heavy atom. The number of rotatable bonds is 3. The largest absolute Gasteiger partial charge is 0.290 e. The second-order valence-corrected chi connectivity index (χ2v) is 4.53. The minimum absolute atomic E-state index is 0.291. The predicted molar refractivity (Wildman–Crippen MR) is 76.9 cm³/mol. The SMILES string of the molecule is NNC(=O)c1ccc(Cn2ncc3ccccc32)cc1. The molecule has 100 valence electrons. The van der Waals surface area contributed by atoms with Crippen LogP contribution in [0.3, 0.4) is 0 Å². The zero-order valence-electron chi connectivity index (χ0n) is 10.8. The van der Waals surface area contributed by atoms with Crippen molar-refractivity contribution >= 4 is 16.8 Å². The van der Waals surface area contributed by atoms with Crippen molar-refractivity contribution in [2.75, 3.05) is 0 Å². The molecule has 0 radical (unpaired) electrons. The molecule has 0 bridgehead atoms. The highest BCUT2D eigenvalue weighted by Crippen LogP contribution is 2.14. The lowest BCUT2D eigenvalue weighted by atomic mass is 10.1. The number of fused-ring (bicyclic) bond motifs is 1. The van der Waals surface area contributed by atoms with Crippen LogP contribution in [0.15, 0.2) is 54.7 Å². The number of benzene rings is 2. The number of carbonyl (C=O) groups excluding carboxylic acids is 1. The van der Waals surface area contributed by atoms with E-state index in [2.05, 4.69) is 10.5 Å². The van der Waals surface area contributed by atoms with E-state index in [1.54, 1.807) is 12.1 Å². The Balaban J connectivity index is 1.86. The van der Waals surface area contributed by atoms with E-state index in [9.17, 15) is 4.79 Å². The first-order valence-electron chi connectivity index (χ1n) is 6.28. The number of para-hydroxylation sites is 1. The molecule has 0 atom stereocenters. The first-order valence-corrected chi connectivity index (χ1v) is 6.28. The molecule has 1 heterocycles. The van der Waals surface area contributed by atoms with E-state index in [0.717, 1.165) is 16.5 Å². The van der Waals surface area contributed by atoms with Crippen LogP contribution in [0.25, 0.3) is 10.9 Å². The van der Waals surface area contributed by atoms with Gasteiger partial charge in [-0.25, -0.2) is 5.84 Å². The predicted octanol–water partition coefficient (Wildman–Crippen LogP) is 1.69. The van der Waals surface area contributed by atoms with E-state index in [-0.39, 0.29) is 5.91 Å². The van der Waals surface area contributed by atoms with Gasteiger partial charge in [-0.3, -0.25) is 14.9 Å². The Bertz CT molecular complexity index is 746. The summed E-state index contributed by atoms with van der Waals surface area (Å²) in [6.45, 7) is 0.665. The number of carbonyl (C=O) groups is 1. The van der Waals surface area contributed by atoms with Crippen LogP contribution in [0, 0.1) is 0 Å². The summed E-state index contributed by atoms with van der Waals surface area (Å²) in [5.74, 6) is 4.81. The lowest BCUT2D eigenvalue weighted by Crippen LogP contribution is -2.29. The lowest BCUT2D eigenvalue weighted by molar-refractivity contribution is 0.0953. The lowest BCUT2D eigenvalue weighted by Gasteiger charge is -2.05. The van der Waals surface area contributed by atoms with Crippen molar-refractivity contribution in [2.45, 2.75) is 6.54 Å². The Hall–Kier alpha value is -2.66. The average Bonchev–Trinajstić information content (AvgIpc) is 2.91. The van der Waals surface area contributed by atoms with Crippen molar-refractivity contribution in [1.29, 1.82) is 0 Å². The van der Waals surface area contributed by atoms with Gasteiger partial charge in [-0.05, 0) is 23.8 Å².